The maximum atomic E-state index is 9.46. The third kappa shape index (κ3) is 1.05. The molecule has 3 N–H and O–H groups in total. The van der Waals surface area contributed by atoms with Gasteiger partial charge in [0.15, 0.2) is 5.82 Å². The number of fused-ring (bicyclic) bond motifs is 1. The van der Waals surface area contributed by atoms with Gasteiger partial charge in [0, 0.05) is 0 Å². The Labute approximate surface area is 73.6 Å². The third-order valence-electron chi connectivity index (χ3n) is 2.34. The highest BCUT2D eigenvalue weighted by molar-refractivity contribution is 5.01. The number of aromatic nitrogens is 4. The average Bonchev–Trinajstić information content (AvgIpc) is 2.59. The Bertz CT molecular complexity index is 286. The Kier molecular flexibility index (Phi) is 1.79. The number of hydrogen-bond acceptors (Lipinski definition) is 6. The van der Waals surface area contributed by atoms with E-state index in [0.717, 1.165) is 0 Å². The number of nitrogens with zero attached hydrogens (tertiary/aromatic N) is 4. The number of hydrogen-bond donors (Lipinski definition) is 3. The lowest BCUT2D eigenvalue weighted by atomic mass is 9.97. The molecule has 7 heteroatoms. The van der Waals surface area contributed by atoms with Crippen LogP contribution in [0.25, 0.3) is 0 Å². The molecule has 4 atom stereocenters. The number of rotatable bonds is 0. The second-order valence-electron chi connectivity index (χ2n) is 3.15. The van der Waals surface area contributed by atoms with Crippen molar-refractivity contribution in [2.75, 3.05) is 0 Å². The molecule has 0 unspecified atom stereocenters. The predicted molar refractivity (Wildman–Crippen MR) is 39.5 cm³/mol. The maximum absolute atomic E-state index is 9.46. The summed E-state index contributed by atoms with van der Waals surface area (Å²) in [6.07, 6.45) is -3.50. The molecule has 0 saturated carbocycles. The first-order valence-corrected chi connectivity index (χ1v) is 3.95. The molecule has 0 saturated heterocycles. The first kappa shape index (κ1) is 8.54. The second-order valence-corrected chi connectivity index (χ2v) is 3.15. The van der Waals surface area contributed by atoms with Crippen molar-refractivity contribution >= 4 is 0 Å². The van der Waals surface area contributed by atoms with Crippen LogP contribution in [0.4, 0.5) is 0 Å². The first-order valence-electron chi connectivity index (χ1n) is 3.95. The van der Waals surface area contributed by atoms with Crippen LogP contribution in [-0.4, -0.2) is 47.7 Å². The van der Waals surface area contributed by atoms with Crippen molar-refractivity contribution in [2.45, 2.75) is 31.3 Å². The number of aliphatic hydroxyl groups is 3. The van der Waals surface area contributed by atoms with Crippen molar-refractivity contribution in [3.05, 3.63) is 5.82 Å². The Morgan fingerprint density at radius 3 is 2.62 bits per heavy atom. The SMILES string of the molecule is C[C@@H]1[C@H](O)[C@@H](O)[C@@H](O)c2nnnn21. The van der Waals surface area contributed by atoms with E-state index in [9.17, 15) is 15.3 Å². The fourth-order valence-electron chi connectivity index (χ4n) is 1.45. The van der Waals surface area contributed by atoms with Crippen LogP contribution in [0, 0.1) is 0 Å². The highest BCUT2D eigenvalue weighted by atomic mass is 16.4. The topological polar surface area (TPSA) is 104 Å². The summed E-state index contributed by atoms with van der Waals surface area (Å²) in [5.41, 5.74) is 0. The van der Waals surface area contributed by atoms with Gasteiger partial charge in [0.25, 0.3) is 0 Å². The van der Waals surface area contributed by atoms with Gasteiger partial charge in [-0.15, -0.1) is 5.10 Å². The summed E-state index contributed by atoms with van der Waals surface area (Å²) < 4.78 is 1.31. The normalized spacial score (nSPS) is 38.8. The van der Waals surface area contributed by atoms with E-state index in [1.54, 1.807) is 6.92 Å². The molecule has 0 radical (unpaired) electrons. The summed E-state index contributed by atoms with van der Waals surface area (Å²) in [6, 6.07) is -0.427. The predicted octanol–water partition coefficient (Wildman–Crippen LogP) is -2.00. The molecule has 0 aliphatic carbocycles. The first-order chi connectivity index (χ1) is 6.13. The highest BCUT2D eigenvalue weighted by Crippen LogP contribution is 2.29. The molecule has 2 heterocycles. The zero-order chi connectivity index (χ0) is 9.59. The minimum absolute atomic E-state index is 0.185. The fraction of sp³-hybridized carbons (Fsp3) is 0.833. The maximum Gasteiger partial charge on any atom is 0.183 e. The molecule has 2 rings (SSSR count). The van der Waals surface area contributed by atoms with Crippen LogP contribution in [-0.2, 0) is 0 Å². The van der Waals surface area contributed by atoms with E-state index in [-0.39, 0.29) is 5.82 Å². The van der Waals surface area contributed by atoms with Gasteiger partial charge in [-0.3, -0.25) is 0 Å². The number of tetrazole rings is 1. The summed E-state index contributed by atoms with van der Waals surface area (Å²) >= 11 is 0. The quantitative estimate of drug-likeness (QED) is 0.433. The summed E-state index contributed by atoms with van der Waals surface area (Å²) in [5.74, 6) is 0.185. The molecule has 0 bridgehead atoms. The van der Waals surface area contributed by atoms with Crippen molar-refractivity contribution in [1.29, 1.82) is 0 Å². The fourth-order valence-corrected chi connectivity index (χ4v) is 1.45. The monoisotopic (exact) mass is 186 g/mol. The van der Waals surface area contributed by atoms with Crippen LogP contribution in [0.1, 0.15) is 24.9 Å². The molecule has 0 fully saturated rings. The summed E-state index contributed by atoms with van der Waals surface area (Å²) in [5, 5.41) is 38.8. The van der Waals surface area contributed by atoms with Crippen LogP contribution in [0.3, 0.4) is 0 Å². The third-order valence-corrected chi connectivity index (χ3v) is 2.34. The molecule has 7 nitrogen and oxygen atoms in total. The second kappa shape index (κ2) is 2.72. The van der Waals surface area contributed by atoms with Gasteiger partial charge in [-0.05, 0) is 17.4 Å². The van der Waals surface area contributed by atoms with Crippen molar-refractivity contribution in [3.63, 3.8) is 0 Å². The van der Waals surface area contributed by atoms with Crippen molar-refractivity contribution < 1.29 is 15.3 Å². The van der Waals surface area contributed by atoms with E-state index in [0.29, 0.717) is 0 Å². The Morgan fingerprint density at radius 1 is 1.23 bits per heavy atom. The smallest absolute Gasteiger partial charge is 0.183 e. The van der Waals surface area contributed by atoms with Crippen molar-refractivity contribution in [2.24, 2.45) is 0 Å². The van der Waals surface area contributed by atoms with Gasteiger partial charge in [-0.1, -0.05) is 0 Å². The Hall–Kier alpha value is -1.05. The molecule has 0 spiro atoms. The van der Waals surface area contributed by atoms with Crippen LogP contribution < -0.4 is 0 Å². The molecular weight excluding hydrogens is 176 g/mol. The van der Waals surface area contributed by atoms with Gasteiger partial charge in [-0.2, -0.15) is 0 Å². The molecule has 13 heavy (non-hydrogen) atoms. The van der Waals surface area contributed by atoms with Crippen LogP contribution >= 0.6 is 0 Å². The van der Waals surface area contributed by atoms with Crippen LogP contribution in [0.15, 0.2) is 0 Å². The summed E-state index contributed by atoms with van der Waals surface area (Å²) in [6.45, 7) is 1.67. The van der Waals surface area contributed by atoms with E-state index in [1.807, 2.05) is 0 Å². The van der Waals surface area contributed by atoms with Crippen LogP contribution in [0.2, 0.25) is 0 Å². The van der Waals surface area contributed by atoms with Gasteiger partial charge in [0.1, 0.15) is 18.3 Å². The highest BCUT2D eigenvalue weighted by Gasteiger charge is 2.40. The largest absolute Gasteiger partial charge is 0.388 e. The molecule has 1 aromatic heterocycles. The molecule has 0 amide bonds. The van der Waals surface area contributed by atoms with Crippen molar-refractivity contribution in [1.82, 2.24) is 20.2 Å². The molecule has 1 aromatic rings. The summed E-state index contributed by atoms with van der Waals surface area (Å²) in [4.78, 5) is 0. The van der Waals surface area contributed by atoms with E-state index >= 15 is 0 Å². The minimum atomic E-state index is -1.23. The lowest BCUT2D eigenvalue weighted by Gasteiger charge is -2.32. The zero-order valence-electron chi connectivity index (χ0n) is 6.94. The Balaban J connectivity index is 2.46. The van der Waals surface area contributed by atoms with E-state index in [1.165, 1.54) is 4.68 Å². The lowest BCUT2D eigenvalue weighted by molar-refractivity contribution is -0.101. The van der Waals surface area contributed by atoms with E-state index < -0.39 is 24.4 Å². The van der Waals surface area contributed by atoms with Gasteiger partial charge >= 0.3 is 0 Å². The molecule has 0 aromatic carbocycles. The van der Waals surface area contributed by atoms with Crippen LogP contribution in [0.5, 0.6) is 0 Å². The van der Waals surface area contributed by atoms with E-state index in [4.69, 9.17) is 0 Å². The van der Waals surface area contributed by atoms with E-state index in [2.05, 4.69) is 15.5 Å². The number of aliphatic hydroxyl groups excluding tert-OH is 3. The molecule has 1 aliphatic rings. The van der Waals surface area contributed by atoms with Gasteiger partial charge < -0.3 is 15.3 Å². The van der Waals surface area contributed by atoms with Gasteiger partial charge in [0.2, 0.25) is 0 Å². The standard InChI is InChI=1S/C6H10N4O3/c1-2-3(11)4(12)5(13)6-7-8-9-10(2)6/h2-5,11-13H,1H3/t2-,3+,4-,5-/m1/s1. The van der Waals surface area contributed by atoms with Crippen molar-refractivity contribution in [3.8, 4) is 0 Å². The van der Waals surface area contributed by atoms with Gasteiger partial charge in [-0.25, -0.2) is 4.68 Å². The average molecular weight is 186 g/mol. The lowest BCUT2D eigenvalue weighted by Crippen LogP contribution is -2.44. The minimum Gasteiger partial charge on any atom is -0.388 e. The van der Waals surface area contributed by atoms with Gasteiger partial charge in [0.05, 0.1) is 6.04 Å². The molecular formula is C6H10N4O3. The summed E-state index contributed by atoms with van der Waals surface area (Å²) in [7, 11) is 0. The molecule has 72 valence electrons. The molecule has 1 aliphatic heterocycles. The Morgan fingerprint density at radius 2 is 1.92 bits per heavy atom. The zero-order valence-corrected chi connectivity index (χ0v) is 6.94.